The average molecular weight is 427 g/mol. The Labute approximate surface area is 180 Å². The number of thiophene rings is 1. The summed E-state index contributed by atoms with van der Waals surface area (Å²) in [4.78, 5) is 16.3. The lowest BCUT2D eigenvalue weighted by molar-refractivity contribution is -0.130. The van der Waals surface area contributed by atoms with Crippen LogP contribution in [0, 0.1) is 0 Å². The molecule has 1 saturated carbocycles. The Morgan fingerprint density at radius 2 is 2.03 bits per heavy atom. The Kier molecular flexibility index (Phi) is 6.35. The number of nitrogens with zero attached hydrogens (tertiary/aromatic N) is 4. The van der Waals surface area contributed by atoms with E-state index in [4.69, 9.17) is 0 Å². The van der Waals surface area contributed by atoms with Crippen LogP contribution in [0.25, 0.3) is 0 Å². The maximum Gasteiger partial charge on any atom is 0.236 e. The van der Waals surface area contributed by atoms with Crippen molar-refractivity contribution in [3.63, 3.8) is 0 Å². The number of benzene rings is 1. The second-order valence-electron chi connectivity index (χ2n) is 7.35. The van der Waals surface area contributed by atoms with Crippen molar-refractivity contribution in [3.8, 4) is 0 Å². The van der Waals surface area contributed by atoms with Crippen molar-refractivity contribution in [2.45, 2.75) is 56.1 Å². The number of carbonyl (C=O) groups is 1. The molecular formula is C22H26N4OS2. The Bertz CT molecular complexity index is 935. The number of aromatic nitrogens is 3. The van der Waals surface area contributed by atoms with Crippen LogP contribution in [-0.2, 0) is 17.8 Å². The first-order valence-corrected chi connectivity index (χ1v) is 11.9. The first-order chi connectivity index (χ1) is 14.2. The predicted molar refractivity (Wildman–Crippen MR) is 118 cm³/mol. The zero-order valence-electron chi connectivity index (χ0n) is 16.8. The molecule has 0 N–H and O–H groups in total. The molecule has 1 unspecified atom stereocenters. The molecule has 5 nitrogen and oxygen atoms in total. The third-order valence-electron chi connectivity index (χ3n) is 5.10. The topological polar surface area (TPSA) is 51.0 Å². The summed E-state index contributed by atoms with van der Waals surface area (Å²) >= 11 is 3.28. The minimum Gasteiger partial charge on any atom is -0.338 e. The van der Waals surface area contributed by atoms with Crippen LogP contribution in [0.3, 0.4) is 0 Å². The van der Waals surface area contributed by atoms with Gasteiger partial charge in [-0.05, 0) is 43.7 Å². The largest absolute Gasteiger partial charge is 0.338 e. The number of carbonyl (C=O) groups excluding carboxylic acids is 1. The van der Waals surface area contributed by atoms with Crippen molar-refractivity contribution >= 4 is 29.0 Å². The summed E-state index contributed by atoms with van der Waals surface area (Å²) in [5.41, 5.74) is 1.15. The van der Waals surface area contributed by atoms with Crippen LogP contribution >= 0.6 is 23.1 Å². The molecule has 1 fully saturated rings. The Balaban J connectivity index is 1.46. The molecule has 0 radical (unpaired) electrons. The molecule has 1 atom stereocenters. The minimum absolute atomic E-state index is 0.145. The Morgan fingerprint density at radius 1 is 1.24 bits per heavy atom. The normalized spacial score (nSPS) is 14.7. The van der Waals surface area contributed by atoms with E-state index in [1.165, 1.54) is 29.5 Å². The minimum atomic E-state index is -0.199. The van der Waals surface area contributed by atoms with E-state index in [-0.39, 0.29) is 11.2 Å². The van der Waals surface area contributed by atoms with Gasteiger partial charge in [0.15, 0.2) is 5.16 Å². The summed E-state index contributed by atoms with van der Waals surface area (Å²) in [6.07, 6.45) is 3.14. The van der Waals surface area contributed by atoms with E-state index < -0.39 is 0 Å². The van der Waals surface area contributed by atoms with Gasteiger partial charge >= 0.3 is 0 Å². The summed E-state index contributed by atoms with van der Waals surface area (Å²) in [7, 11) is 0. The van der Waals surface area contributed by atoms with E-state index >= 15 is 0 Å². The van der Waals surface area contributed by atoms with Crippen molar-refractivity contribution in [3.05, 3.63) is 64.1 Å². The van der Waals surface area contributed by atoms with Crippen LogP contribution in [0.15, 0.2) is 53.0 Å². The Hall–Kier alpha value is -2.12. The van der Waals surface area contributed by atoms with Crippen LogP contribution in [0.2, 0.25) is 0 Å². The van der Waals surface area contributed by atoms with Gasteiger partial charge in [0.2, 0.25) is 5.91 Å². The molecule has 4 rings (SSSR count). The fourth-order valence-electron chi connectivity index (χ4n) is 3.39. The van der Waals surface area contributed by atoms with Crippen molar-refractivity contribution in [1.82, 2.24) is 19.7 Å². The molecule has 152 valence electrons. The van der Waals surface area contributed by atoms with E-state index in [2.05, 4.69) is 44.4 Å². The molecule has 29 heavy (non-hydrogen) atoms. The van der Waals surface area contributed by atoms with Crippen molar-refractivity contribution in [1.29, 1.82) is 0 Å². The first-order valence-electron chi connectivity index (χ1n) is 10.1. The molecule has 2 aromatic heterocycles. The first kappa shape index (κ1) is 20.2. The van der Waals surface area contributed by atoms with E-state index in [1.54, 1.807) is 11.3 Å². The van der Waals surface area contributed by atoms with E-state index in [9.17, 15) is 4.79 Å². The molecule has 0 saturated heterocycles. The smallest absolute Gasteiger partial charge is 0.236 e. The highest BCUT2D eigenvalue weighted by atomic mass is 32.2. The van der Waals surface area contributed by atoms with Crippen LogP contribution in [0.1, 0.15) is 49.0 Å². The number of amides is 1. The van der Waals surface area contributed by atoms with E-state index in [0.717, 1.165) is 23.0 Å². The van der Waals surface area contributed by atoms with Crippen molar-refractivity contribution in [2.24, 2.45) is 0 Å². The second-order valence-corrected chi connectivity index (χ2v) is 9.69. The molecule has 2 heterocycles. The summed E-state index contributed by atoms with van der Waals surface area (Å²) in [5, 5.41) is 11.7. The molecular weight excluding hydrogens is 400 g/mol. The lowest BCUT2D eigenvalue weighted by Crippen LogP contribution is -2.36. The highest BCUT2D eigenvalue weighted by Gasteiger charge is 2.31. The SMILES string of the molecule is CCN(Cc1ccccc1)C(=O)C(C)Sc1nnc(Cc2cccs2)n1C1CC1. The zero-order chi connectivity index (χ0) is 20.2. The maximum atomic E-state index is 13.1. The summed E-state index contributed by atoms with van der Waals surface area (Å²) < 4.78 is 2.27. The number of hydrogen-bond acceptors (Lipinski definition) is 5. The quantitative estimate of drug-likeness (QED) is 0.462. The van der Waals surface area contributed by atoms with Gasteiger partial charge in [-0.25, -0.2) is 0 Å². The van der Waals surface area contributed by atoms with Gasteiger partial charge < -0.3 is 9.47 Å². The number of rotatable bonds is 9. The van der Waals surface area contributed by atoms with Gasteiger partial charge in [-0.1, -0.05) is 48.2 Å². The fourth-order valence-corrected chi connectivity index (χ4v) is 5.12. The molecule has 3 aromatic rings. The monoisotopic (exact) mass is 426 g/mol. The highest BCUT2D eigenvalue weighted by Crippen LogP contribution is 2.40. The number of hydrogen-bond donors (Lipinski definition) is 0. The molecule has 1 aromatic carbocycles. The fraction of sp³-hybridized carbons (Fsp3) is 0.409. The van der Waals surface area contributed by atoms with E-state index in [0.29, 0.717) is 19.1 Å². The lowest BCUT2D eigenvalue weighted by atomic mass is 10.2. The van der Waals surface area contributed by atoms with Crippen LogP contribution < -0.4 is 0 Å². The maximum absolute atomic E-state index is 13.1. The van der Waals surface area contributed by atoms with Gasteiger partial charge in [0.25, 0.3) is 0 Å². The summed E-state index contributed by atoms with van der Waals surface area (Å²) in [5.74, 6) is 1.15. The molecule has 1 aliphatic rings. The second kappa shape index (κ2) is 9.13. The zero-order valence-corrected chi connectivity index (χ0v) is 18.5. The van der Waals surface area contributed by atoms with Crippen LogP contribution in [0.5, 0.6) is 0 Å². The van der Waals surface area contributed by atoms with Gasteiger partial charge in [0.1, 0.15) is 5.82 Å². The van der Waals surface area contributed by atoms with Gasteiger partial charge in [0, 0.05) is 30.4 Å². The molecule has 0 spiro atoms. The van der Waals surface area contributed by atoms with Gasteiger partial charge in [-0.2, -0.15) is 0 Å². The lowest BCUT2D eigenvalue weighted by Gasteiger charge is -2.24. The van der Waals surface area contributed by atoms with Crippen LogP contribution in [0.4, 0.5) is 0 Å². The predicted octanol–water partition coefficient (Wildman–Crippen LogP) is 4.79. The number of thioether (sulfide) groups is 1. The average Bonchev–Trinajstić information content (AvgIpc) is 3.30. The van der Waals surface area contributed by atoms with Gasteiger partial charge in [0.05, 0.1) is 5.25 Å². The molecule has 1 amide bonds. The molecule has 7 heteroatoms. The standard InChI is InChI=1S/C22H26N4OS2/c1-3-25(15-17-8-5-4-6-9-17)21(27)16(2)29-22-24-23-20(26(22)18-11-12-18)14-19-10-7-13-28-19/h4-10,13,16,18H,3,11-12,14-15H2,1-2H3. The van der Waals surface area contributed by atoms with Gasteiger partial charge in [-0.15, -0.1) is 21.5 Å². The third-order valence-corrected chi connectivity index (χ3v) is 7.02. The van der Waals surface area contributed by atoms with Crippen molar-refractivity contribution in [2.75, 3.05) is 6.54 Å². The summed E-state index contributed by atoms with van der Waals surface area (Å²) in [6.45, 7) is 5.34. The highest BCUT2D eigenvalue weighted by molar-refractivity contribution is 8.00. The Morgan fingerprint density at radius 3 is 2.69 bits per heavy atom. The van der Waals surface area contributed by atoms with Gasteiger partial charge in [-0.3, -0.25) is 4.79 Å². The third kappa shape index (κ3) is 4.90. The van der Waals surface area contributed by atoms with E-state index in [1.807, 2.05) is 36.9 Å². The molecule has 1 aliphatic carbocycles. The molecule has 0 aliphatic heterocycles. The van der Waals surface area contributed by atoms with Crippen molar-refractivity contribution < 1.29 is 4.79 Å². The molecule has 0 bridgehead atoms. The van der Waals surface area contributed by atoms with Crippen LogP contribution in [-0.4, -0.2) is 37.4 Å². The summed E-state index contributed by atoms with van der Waals surface area (Å²) in [6, 6.07) is 14.8.